The summed E-state index contributed by atoms with van der Waals surface area (Å²) in [5.74, 6) is 2.54. The number of aromatic nitrogens is 2. The number of nitrogens with zero attached hydrogens (tertiary/aromatic N) is 3. The fourth-order valence-electron chi connectivity index (χ4n) is 3.40. The Morgan fingerprint density at radius 2 is 1.47 bits per heavy atom. The van der Waals surface area contributed by atoms with E-state index in [1.54, 1.807) is 0 Å². The summed E-state index contributed by atoms with van der Waals surface area (Å²) in [4.78, 5) is 8.68. The Bertz CT molecular complexity index is 1160. The molecule has 0 aliphatic carbocycles. The number of ether oxygens (including phenoxy) is 2. The van der Waals surface area contributed by atoms with E-state index < -0.39 is 0 Å². The van der Waals surface area contributed by atoms with Crippen molar-refractivity contribution in [2.45, 2.75) is 6.54 Å². The van der Waals surface area contributed by atoms with Crippen LogP contribution in [0, 0.1) is 0 Å². The molecule has 1 aromatic heterocycles. The van der Waals surface area contributed by atoms with E-state index in [0.717, 1.165) is 28.4 Å². The quantitative estimate of drug-likeness (QED) is 0.370. The first kappa shape index (κ1) is 19.5. The van der Waals surface area contributed by atoms with E-state index in [2.05, 4.69) is 20.7 Å². The fourth-order valence-corrected chi connectivity index (χ4v) is 3.40. The van der Waals surface area contributed by atoms with E-state index in [-0.39, 0.29) is 6.79 Å². The second-order valence-electron chi connectivity index (χ2n) is 7.14. The molecule has 4 N–H and O–H groups in total. The Balaban J connectivity index is 1.37. The number of para-hydroxylation sites is 2. The van der Waals surface area contributed by atoms with Gasteiger partial charge >= 0.3 is 0 Å². The Morgan fingerprint density at radius 1 is 0.812 bits per heavy atom. The highest BCUT2D eigenvalue weighted by Gasteiger charge is 2.16. The minimum Gasteiger partial charge on any atom is -0.454 e. The molecule has 0 amide bonds. The zero-order valence-electron chi connectivity index (χ0n) is 17.2. The van der Waals surface area contributed by atoms with Crippen LogP contribution in [0.4, 0.5) is 28.7 Å². The van der Waals surface area contributed by atoms with Gasteiger partial charge in [0, 0.05) is 6.54 Å². The van der Waals surface area contributed by atoms with Gasteiger partial charge < -0.3 is 20.5 Å². The molecule has 1 aliphatic rings. The SMILES string of the molecule is Nc1c(NCc2ccc3c(c2)OCO3)ncnc1NN(c1ccccc1)c1ccccc1. The Kier molecular flexibility index (Phi) is 5.32. The second-order valence-corrected chi connectivity index (χ2v) is 7.14. The summed E-state index contributed by atoms with van der Waals surface area (Å²) >= 11 is 0. The molecule has 0 saturated carbocycles. The van der Waals surface area contributed by atoms with E-state index in [9.17, 15) is 0 Å². The molecule has 160 valence electrons. The average Bonchev–Trinajstić information content (AvgIpc) is 3.32. The van der Waals surface area contributed by atoms with E-state index >= 15 is 0 Å². The van der Waals surface area contributed by atoms with Crippen LogP contribution in [0.15, 0.2) is 85.2 Å². The van der Waals surface area contributed by atoms with Crippen molar-refractivity contribution < 1.29 is 9.47 Å². The molecular weight excluding hydrogens is 404 g/mol. The van der Waals surface area contributed by atoms with Gasteiger partial charge in [-0.15, -0.1) is 0 Å². The number of nitrogen functional groups attached to an aromatic ring is 1. The van der Waals surface area contributed by atoms with Gasteiger partial charge in [0.2, 0.25) is 6.79 Å². The first-order valence-corrected chi connectivity index (χ1v) is 10.2. The third kappa shape index (κ3) is 4.06. The van der Waals surface area contributed by atoms with Crippen LogP contribution in [0.5, 0.6) is 11.5 Å². The van der Waals surface area contributed by atoms with Crippen molar-refractivity contribution in [3.05, 3.63) is 90.8 Å². The van der Waals surface area contributed by atoms with E-state index in [4.69, 9.17) is 15.2 Å². The number of rotatable bonds is 7. The van der Waals surface area contributed by atoms with Gasteiger partial charge in [0.05, 0.1) is 11.4 Å². The first-order valence-electron chi connectivity index (χ1n) is 10.2. The van der Waals surface area contributed by atoms with Crippen LogP contribution in [-0.2, 0) is 6.54 Å². The van der Waals surface area contributed by atoms with E-state index in [1.807, 2.05) is 83.9 Å². The molecule has 32 heavy (non-hydrogen) atoms. The van der Waals surface area contributed by atoms with Gasteiger partial charge in [-0.2, -0.15) is 0 Å². The van der Waals surface area contributed by atoms with Crippen molar-refractivity contribution >= 4 is 28.7 Å². The number of hydrogen-bond donors (Lipinski definition) is 3. The molecule has 1 aliphatic heterocycles. The summed E-state index contributed by atoms with van der Waals surface area (Å²) in [7, 11) is 0. The van der Waals surface area contributed by atoms with Gasteiger partial charge in [-0.05, 0) is 42.0 Å². The Hall–Kier alpha value is -4.46. The fraction of sp³-hybridized carbons (Fsp3) is 0.0833. The number of hydrazine groups is 1. The third-order valence-corrected chi connectivity index (χ3v) is 5.03. The van der Waals surface area contributed by atoms with Gasteiger partial charge in [-0.1, -0.05) is 42.5 Å². The molecule has 8 nitrogen and oxygen atoms in total. The van der Waals surface area contributed by atoms with Crippen molar-refractivity contribution in [2.75, 3.05) is 28.3 Å². The zero-order chi connectivity index (χ0) is 21.8. The zero-order valence-corrected chi connectivity index (χ0v) is 17.2. The molecule has 3 aromatic carbocycles. The summed E-state index contributed by atoms with van der Waals surface area (Å²) in [6.45, 7) is 0.776. The normalized spacial score (nSPS) is 11.8. The number of nitrogens with one attached hydrogen (secondary N) is 2. The van der Waals surface area contributed by atoms with Crippen LogP contribution in [0.2, 0.25) is 0 Å². The molecule has 0 unspecified atom stereocenters. The lowest BCUT2D eigenvalue weighted by Crippen LogP contribution is -2.26. The summed E-state index contributed by atoms with van der Waals surface area (Å²) in [6, 6.07) is 25.7. The molecule has 0 bridgehead atoms. The van der Waals surface area contributed by atoms with Crippen molar-refractivity contribution in [2.24, 2.45) is 0 Å². The van der Waals surface area contributed by atoms with Crippen molar-refractivity contribution in [3.8, 4) is 11.5 Å². The van der Waals surface area contributed by atoms with Crippen LogP contribution >= 0.6 is 0 Å². The van der Waals surface area contributed by atoms with Gasteiger partial charge in [-0.3, -0.25) is 10.4 Å². The predicted molar refractivity (Wildman–Crippen MR) is 125 cm³/mol. The predicted octanol–water partition coefficient (Wildman–Crippen LogP) is 4.56. The minimum atomic E-state index is 0.249. The van der Waals surface area contributed by atoms with E-state index in [1.165, 1.54) is 6.33 Å². The standard InChI is InChI=1S/C24H22N6O2/c25-22-23(26-14-17-11-12-20-21(13-17)32-16-31-20)27-15-28-24(22)29-30(18-7-3-1-4-8-18)19-9-5-2-6-10-19/h1-13,15H,14,16,25H2,(H2,26,27,28,29). The monoisotopic (exact) mass is 426 g/mol. The largest absolute Gasteiger partial charge is 0.454 e. The van der Waals surface area contributed by atoms with Crippen molar-refractivity contribution in [1.82, 2.24) is 9.97 Å². The molecule has 0 radical (unpaired) electrons. The minimum absolute atomic E-state index is 0.249. The highest BCUT2D eigenvalue weighted by molar-refractivity contribution is 5.78. The average molecular weight is 426 g/mol. The van der Waals surface area contributed by atoms with Gasteiger partial charge in [0.1, 0.15) is 12.0 Å². The van der Waals surface area contributed by atoms with Crippen LogP contribution in [-0.4, -0.2) is 16.8 Å². The van der Waals surface area contributed by atoms with Gasteiger partial charge in [0.15, 0.2) is 23.1 Å². The number of nitrogens with two attached hydrogens (primary N) is 1. The van der Waals surface area contributed by atoms with E-state index in [0.29, 0.717) is 23.9 Å². The molecule has 5 rings (SSSR count). The molecule has 0 fully saturated rings. The van der Waals surface area contributed by atoms with Crippen molar-refractivity contribution in [3.63, 3.8) is 0 Å². The second kappa shape index (κ2) is 8.73. The number of benzene rings is 3. The molecule has 0 spiro atoms. The molecule has 4 aromatic rings. The summed E-state index contributed by atoms with van der Waals surface area (Å²) in [5.41, 5.74) is 13.1. The molecule has 0 atom stereocenters. The first-order chi connectivity index (χ1) is 15.8. The number of fused-ring (bicyclic) bond motifs is 1. The van der Waals surface area contributed by atoms with Gasteiger partial charge in [-0.25, -0.2) is 9.97 Å². The highest BCUT2D eigenvalue weighted by atomic mass is 16.7. The maximum Gasteiger partial charge on any atom is 0.231 e. The molecule has 2 heterocycles. The summed E-state index contributed by atoms with van der Waals surface area (Å²) in [5, 5.41) is 5.21. The van der Waals surface area contributed by atoms with Crippen LogP contribution in [0.1, 0.15) is 5.56 Å². The third-order valence-electron chi connectivity index (χ3n) is 5.03. The Labute approximate surface area is 185 Å². The highest BCUT2D eigenvalue weighted by Crippen LogP contribution is 2.33. The Morgan fingerprint density at radius 3 is 2.19 bits per heavy atom. The summed E-state index contributed by atoms with van der Waals surface area (Å²) in [6.07, 6.45) is 1.48. The van der Waals surface area contributed by atoms with Gasteiger partial charge in [0.25, 0.3) is 0 Å². The lowest BCUT2D eigenvalue weighted by atomic mass is 10.2. The maximum absolute atomic E-state index is 6.42. The van der Waals surface area contributed by atoms with Crippen LogP contribution in [0.3, 0.4) is 0 Å². The van der Waals surface area contributed by atoms with Crippen molar-refractivity contribution in [1.29, 1.82) is 0 Å². The molecule has 0 saturated heterocycles. The maximum atomic E-state index is 6.42. The topological polar surface area (TPSA) is 97.6 Å². The number of anilines is 5. The smallest absolute Gasteiger partial charge is 0.231 e. The lowest BCUT2D eigenvalue weighted by Gasteiger charge is -2.26. The number of hydrogen-bond acceptors (Lipinski definition) is 8. The molecular formula is C24H22N6O2. The lowest BCUT2D eigenvalue weighted by molar-refractivity contribution is 0.174. The van der Waals surface area contributed by atoms with Crippen LogP contribution < -0.4 is 31.0 Å². The summed E-state index contributed by atoms with van der Waals surface area (Å²) < 4.78 is 10.8. The van der Waals surface area contributed by atoms with Crippen LogP contribution in [0.25, 0.3) is 0 Å². The molecule has 8 heteroatoms.